The molecule has 8 heteroatoms. The van der Waals surface area contributed by atoms with E-state index in [-0.39, 0.29) is 5.48 Å². The lowest BCUT2D eigenvalue weighted by molar-refractivity contribution is -0.138. The van der Waals surface area contributed by atoms with Crippen LogP contribution in [0.3, 0.4) is 0 Å². The maximum absolute atomic E-state index is 9.87. The summed E-state index contributed by atoms with van der Waals surface area (Å²) in [5.41, 5.74) is 0. The molecule has 130 valence electrons. The van der Waals surface area contributed by atoms with E-state index in [2.05, 4.69) is 18.8 Å². The highest BCUT2D eigenvalue weighted by Crippen LogP contribution is 2.13. The fourth-order valence-electron chi connectivity index (χ4n) is 0.986. The van der Waals surface area contributed by atoms with E-state index in [1.807, 2.05) is 6.92 Å². The number of nitrogens with one attached hydrogen (secondary N) is 1. The summed E-state index contributed by atoms with van der Waals surface area (Å²) in [6.07, 6.45) is 2.78. The number of likely N-dealkylation sites (N-methyl/N-ethyl adjacent to an activating group) is 1. The number of hydrogen-bond donors (Lipinski definition) is 2. The Balaban J connectivity index is -0.000000115. The van der Waals surface area contributed by atoms with Crippen LogP contribution in [-0.4, -0.2) is 59.8 Å². The van der Waals surface area contributed by atoms with Crippen molar-refractivity contribution >= 4 is 14.8 Å². The summed E-state index contributed by atoms with van der Waals surface area (Å²) in [7, 11) is 4.29. The molecule has 0 aliphatic rings. The van der Waals surface area contributed by atoms with Gasteiger partial charge in [0.2, 0.25) is 0 Å². The minimum absolute atomic E-state index is 0. The number of allylic oxidation sites excluding steroid dienone is 1. The largest absolute Gasteiger partial charge is 0.500 e. The fraction of sp³-hybridized carbons (Fsp3) is 0.769. The average Bonchev–Trinajstić information content (AvgIpc) is 2.45. The Morgan fingerprint density at radius 1 is 1.33 bits per heavy atom. The van der Waals surface area contributed by atoms with Gasteiger partial charge in [0.25, 0.3) is 0 Å². The summed E-state index contributed by atoms with van der Waals surface area (Å²) < 4.78 is 15.5. The summed E-state index contributed by atoms with van der Waals surface area (Å²) >= 11 is 0. The second kappa shape index (κ2) is 19.2. The normalized spacial score (nSPS) is 10.8. The third-order valence-corrected chi connectivity index (χ3v) is 5.27. The van der Waals surface area contributed by atoms with Crippen LogP contribution >= 0.6 is 0 Å². The highest BCUT2D eigenvalue weighted by molar-refractivity contribution is 6.60. The van der Waals surface area contributed by atoms with Crippen LogP contribution in [-0.2, 0) is 18.1 Å². The Kier molecular flexibility index (Phi) is 26.0. The number of aliphatic carboxylic acids is 1. The molecule has 0 spiro atoms. The van der Waals surface area contributed by atoms with E-state index in [9.17, 15) is 4.79 Å². The van der Waals surface area contributed by atoms with Crippen LogP contribution < -0.4 is 5.32 Å². The molecule has 0 saturated carbocycles. The van der Waals surface area contributed by atoms with Crippen molar-refractivity contribution in [3.8, 4) is 0 Å². The summed E-state index contributed by atoms with van der Waals surface area (Å²) in [6, 6.07) is 0.455. The minimum atomic E-state index is -2.22. The number of carbonyl (C=O) groups is 1. The lowest BCUT2D eigenvalue weighted by Gasteiger charge is -2.23. The van der Waals surface area contributed by atoms with Crippen molar-refractivity contribution in [3.05, 3.63) is 12.7 Å². The maximum atomic E-state index is 9.87. The SMILES string of the molecule is C=CC.CCC[Si](OC)(OC)OC.CNC(C)C(=O)O.O. The Bertz CT molecular complexity index is 228. The zero-order valence-corrected chi connectivity index (χ0v) is 15.4. The van der Waals surface area contributed by atoms with Crippen LogP contribution in [0.5, 0.6) is 0 Å². The summed E-state index contributed by atoms with van der Waals surface area (Å²) in [4.78, 5) is 9.87. The zero-order valence-electron chi connectivity index (χ0n) is 14.4. The van der Waals surface area contributed by atoms with Gasteiger partial charge in [0, 0.05) is 27.4 Å². The molecule has 0 aliphatic carbocycles. The monoisotopic (exact) mass is 327 g/mol. The van der Waals surface area contributed by atoms with Gasteiger partial charge < -0.3 is 29.2 Å². The first-order chi connectivity index (χ1) is 9.34. The van der Waals surface area contributed by atoms with E-state index < -0.39 is 20.8 Å². The standard InChI is InChI=1S/C6H16O3Si.C4H9NO2.C3H6.H2O/c1-5-6-10(7-2,8-3)9-4;1-3(5-2)4(6)7;1-3-2;/h5-6H2,1-4H3;3,5H,1-2H3,(H,6,7);3H,1H2,2H3;1H2. The van der Waals surface area contributed by atoms with Gasteiger partial charge in [0.15, 0.2) is 0 Å². The minimum Gasteiger partial charge on any atom is -0.480 e. The van der Waals surface area contributed by atoms with Gasteiger partial charge >= 0.3 is 14.8 Å². The molecule has 21 heavy (non-hydrogen) atoms. The van der Waals surface area contributed by atoms with Crippen molar-refractivity contribution in [1.29, 1.82) is 0 Å². The van der Waals surface area contributed by atoms with Crippen LogP contribution in [0.25, 0.3) is 0 Å². The molecule has 0 heterocycles. The van der Waals surface area contributed by atoms with Gasteiger partial charge in [0.1, 0.15) is 6.04 Å². The molecule has 0 aromatic heterocycles. The maximum Gasteiger partial charge on any atom is 0.500 e. The number of carboxylic acids is 1. The average molecular weight is 327 g/mol. The van der Waals surface area contributed by atoms with Crippen molar-refractivity contribution in [3.63, 3.8) is 0 Å². The van der Waals surface area contributed by atoms with E-state index in [1.165, 1.54) is 0 Å². The van der Waals surface area contributed by atoms with E-state index in [0.29, 0.717) is 0 Å². The van der Waals surface area contributed by atoms with Crippen molar-refractivity contribution in [1.82, 2.24) is 5.32 Å². The second-order valence-corrected chi connectivity index (χ2v) is 6.89. The van der Waals surface area contributed by atoms with Gasteiger partial charge in [-0.1, -0.05) is 19.4 Å². The number of rotatable bonds is 7. The molecule has 4 N–H and O–H groups in total. The summed E-state index contributed by atoms with van der Waals surface area (Å²) in [5.74, 6) is -0.817. The molecule has 0 bridgehead atoms. The molecule has 0 amide bonds. The molecule has 7 nitrogen and oxygen atoms in total. The first-order valence-corrected chi connectivity index (χ1v) is 8.40. The molecule has 0 aromatic carbocycles. The Hall–Kier alpha value is -0.773. The summed E-state index contributed by atoms with van der Waals surface area (Å²) in [6.45, 7) is 8.92. The van der Waals surface area contributed by atoms with Crippen LogP contribution in [0.4, 0.5) is 0 Å². The van der Waals surface area contributed by atoms with Crippen molar-refractivity contribution in [2.75, 3.05) is 28.4 Å². The third-order valence-electron chi connectivity index (χ3n) is 2.29. The molecule has 1 atom stereocenters. The quantitative estimate of drug-likeness (QED) is 0.539. The first kappa shape index (κ1) is 28.4. The van der Waals surface area contributed by atoms with E-state index in [0.717, 1.165) is 12.5 Å². The molecule has 1 unspecified atom stereocenters. The smallest absolute Gasteiger partial charge is 0.480 e. The molecule has 0 fully saturated rings. The molecular weight excluding hydrogens is 294 g/mol. The number of carboxylic acid groups (broad SMARTS) is 1. The van der Waals surface area contributed by atoms with E-state index in [1.54, 1.807) is 41.4 Å². The topological polar surface area (TPSA) is 109 Å². The highest BCUT2D eigenvalue weighted by atomic mass is 28.4. The van der Waals surface area contributed by atoms with Crippen molar-refractivity contribution in [2.45, 2.75) is 39.3 Å². The van der Waals surface area contributed by atoms with Crippen LogP contribution in [0.2, 0.25) is 6.04 Å². The zero-order chi connectivity index (χ0) is 16.6. The second-order valence-electron chi connectivity index (χ2n) is 3.80. The van der Waals surface area contributed by atoms with Gasteiger partial charge in [0.05, 0.1) is 0 Å². The van der Waals surface area contributed by atoms with Gasteiger partial charge in [-0.15, -0.1) is 6.58 Å². The molecule has 0 saturated heterocycles. The number of hydrogen-bond acceptors (Lipinski definition) is 5. The predicted octanol–water partition coefficient (Wildman–Crippen LogP) is 1.32. The molecule has 0 aliphatic heterocycles. The van der Waals surface area contributed by atoms with E-state index in [4.69, 9.17) is 18.4 Å². The lowest BCUT2D eigenvalue weighted by atomic mass is 10.4. The molecule has 0 aromatic rings. The fourth-order valence-corrected chi connectivity index (χ4v) is 2.71. The molecular formula is C13H33NO6Si. The van der Waals surface area contributed by atoms with Crippen LogP contribution in [0.15, 0.2) is 12.7 Å². The highest BCUT2D eigenvalue weighted by Gasteiger charge is 2.36. The molecule has 0 radical (unpaired) electrons. The van der Waals surface area contributed by atoms with Gasteiger partial charge in [-0.05, 0) is 20.9 Å². The Labute approximate surface area is 130 Å². The van der Waals surface area contributed by atoms with E-state index >= 15 is 0 Å². The lowest BCUT2D eigenvalue weighted by Crippen LogP contribution is -2.42. The Morgan fingerprint density at radius 2 is 1.67 bits per heavy atom. The van der Waals surface area contributed by atoms with Gasteiger partial charge in [-0.25, -0.2) is 0 Å². The Morgan fingerprint density at radius 3 is 1.71 bits per heavy atom. The van der Waals surface area contributed by atoms with Gasteiger partial charge in [-0.2, -0.15) is 0 Å². The molecule has 0 rings (SSSR count). The predicted molar refractivity (Wildman–Crippen MR) is 87.5 cm³/mol. The van der Waals surface area contributed by atoms with Crippen molar-refractivity contribution in [2.24, 2.45) is 0 Å². The van der Waals surface area contributed by atoms with Crippen LogP contribution in [0, 0.1) is 0 Å². The van der Waals surface area contributed by atoms with Crippen molar-refractivity contribution < 1.29 is 28.7 Å². The first-order valence-electron chi connectivity index (χ1n) is 6.47. The van der Waals surface area contributed by atoms with Gasteiger partial charge in [-0.3, -0.25) is 4.79 Å². The summed E-state index contributed by atoms with van der Waals surface area (Å²) in [5, 5.41) is 10.7. The third kappa shape index (κ3) is 17.2. The van der Waals surface area contributed by atoms with Crippen LogP contribution in [0.1, 0.15) is 27.2 Å².